The van der Waals surface area contributed by atoms with Gasteiger partial charge in [-0.3, -0.25) is 9.69 Å². The lowest BCUT2D eigenvalue weighted by Gasteiger charge is -2.22. The molecule has 6 heteroatoms. The number of nitrogens with one attached hydrogen (secondary N) is 1. The first-order valence-corrected chi connectivity index (χ1v) is 8.09. The van der Waals surface area contributed by atoms with Gasteiger partial charge in [-0.25, -0.2) is 9.18 Å². The standard InChI is InChI=1S/C19H19FN2O3/c1-19(14-6-3-2-4-7-14)17(23)22(18(24)21-19)12-5-13-25-16-10-8-15(20)9-11-16/h2-4,6-11H,5,12-13H2,1H3,(H,21,24)/t19-/m0/s1. The lowest BCUT2D eigenvalue weighted by Crippen LogP contribution is -2.41. The van der Waals surface area contributed by atoms with Gasteiger partial charge in [-0.2, -0.15) is 0 Å². The van der Waals surface area contributed by atoms with Crippen LogP contribution in [-0.2, 0) is 10.3 Å². The highest BCUT2D eigenvalue weighted by Crippen LogP contribution is 2.28. The largest absolute Gasteiger partial charge is 0.494 e. The molecule has 0 aliphatic carbocycles. The van der Waals surface area contributed by atoms with E-state index in [0.717, 1.165) is 5.56 Å². The maximum absolute atomic E-state index is 12.8. The fourth-order valence-corrected chi connectivity index (χ4v) is 2.81. The highest BCUT2D eigenvalue weighted by atomic mass is 19.1. The topological polar surface area (TPSA) is 58.6 Å². The van der Waals surface area contributed by atoms with Crippen LogP contribution in [0.25, 0.3) is 0 Å². The van der Waals surface area contributed by atoms with E-state index in [9.17, 15) is 14.0 Å². The van der Waals surface area contributed by atoms with Gasteiger partial charge < -0.3 is 10.1 Å². The summed E-state index contributed by atoms with van der Waals surface area (Å²) in [5.41, 5.74) is -0.297. The molecule has 1 atom stereocenters. The van der Waals surface area contributed by atoms with Crippen molar-refractivity contribution in [3.63, 3.8) is 0 Å². The zero-order valence-electron chi connectivity index (χ0n) is 13.9. The van der Waals surface area contributed by atoms with Gasteiger partial charge in [0.15, 0.2) is 0 Å². The summed E-state index contributed by atoms with van der Waals surface area (Å²) in [4.78, 5) is 26.1. The van der Waals surface area contributed by atoms with Crippen LogP contribution in [0.3, 0.4) is 0 Å². The van der Waals surface area contributed by atoms with Crippen LogP contribution in [0.5, 0.6) is 5.75 Å². The fourth-order valence-electron chi connectivity index (χ4n) is 2.81. The summed E-state index contributed by atoms with van der Waals surface area (Å²) in [6, 6.07) is 14.5. The summed E-state index contributed by atoms with van der Waals surface area (Å²) < 4.78 is 18.3. The number of carbonyl (C=O) groups excluding carboxylic acids is 2. The maximum atomic E-state index is 12.8. The number of imide groups is 1. The van der Waals surface area contributed by atoms with Crippen molar-refractivity contribution in [3.8, 4) is 5.75 Å². The monoisotopic (exact) mass is 342 g/mol. The smallest absolute Gasteiger partial charge is 0.325 e. The SMILES string of the molecule is C[C@@]1(c2ccccc2)NC(=O)N(CCCOc2ccc(F)cc2)C1=O. The molecule has 0 saturated carbocycles. The highest BCUT2D eigenvalue weighted by molar-refractivity contribution is 6.07. The molecule has 0 radical (unpaired) electrons. The van der Waals surface area contributed by atoms with E-state index in [1.165, 1.54) is 29.2 Å². The predicted octanol–water partition coefficient (Wildman–Crippen LogP) is 3.06. The molecular formula is C19H19FN2O3. The molecule has 2 aromatic rings. The second-order valence-corrected chi connectivity index (χ2v) is 6.03. The number of hydrogen-bond acceptors (Lipinski definition) is 3. The van der Waals surface area contributed by atoms with Crippen LogP contribution in [0.4, 0.5) is 9.18 Å². The van der Waals surface area contributed by atoms with Crippen molar-refractivity contribution in [2.24, 2.45) is 0 Å². The molecule has 1 saturated heterocycles. The Hall–Kier alpha value is -2.89. The van der Waals surface area contributed by atoms with E-state index < -0.39 is 11.6 Å². The Balaban J connectivity index is 1.57. The number of rotatable bonds is 6. The lowest BCUT2D eigenvalue weighted by molar-refractivity contribution is -0.131. The van der Waals surface area contributed by atoms with Crippen molar-refractivity contribution < 1.29 is 18.7 Å². The predicted molar refractivity (Wildman–Crippen MR) is 90.6 cm³/mol. The van der Waals surface area contributed by atoms with Crippen LogP contribution in [0, 0.1) is 5.82 Å². The molecule has 0 bridgehead atoms. The van der Waals surface area contributed by atoms with Gasteiger partial charge >= 0.3 is 6.03 Å². The van der Waals surface area contributed by atoms with Gasteiger partial charge in [-0.05, 0) is 43.2 Å². The molecule has 3 amide bonds. The van der Waals surface area contributed by atoms with Crippen molar-refractivity contribution in [2.75, 3.05) is 13.2 Å². The first-order valence-electron chi connectivity index (χ1n) is 8.09. The number of amides is 3. The summed E-state index contributed by atoms with van der Waals surface area (Å²) in [5, 5.41) is 2.77. The van der Waals surface area contributed by atoms with Crippen LogP contribution in [-0.4, -0.2) is 30.0 Å². The van der Waals surface area contributed by atoms with Crippen LogP contribution in [0.15, 0.2) is 54.6 Å². The molecule has 1 aliphatic rings. The third kappa shape index (κ3) is 3.47. The fraction of sp³-hybridized carbons (Fsp3) is 0.263. The molecule has 3 rings (SSSR count). The molecule has 5 nitrogen and oxygen atoms in total. The molecule has 130 valence electrons. The molecular weight excluding hydrogens is 323 g/mol. The molecule has 2 aromatic carbocycles. The first-order chi connectivity index (χ1) is 12.0. The van der Waals surface area contributed by atoms with Gasteiger partial charge in [0.05, 0.1) is 6.61 Å². The van der Waals surface area contributed by atoms with Crippen molar-refractivity contribution >= 4 is 11.9 Å². The van der Waals surface area contributed by atoms with Crippen LogP contribution < -0.4 is 10.1 Å². The Morgan fingerprint density at radius 1 is 1.08 bits per heavy atom. The number of hydrogen-bond donors (Lipinski definition) is 1. The van der Waals surface area contributed by atoms with E-state index in [1.807, 2.05) is 30.3 Å². The van der Waals surface area contributed by atoms with Gasteiger partial charge in [-0.15, -0.1) is 0 Å². The second-order valence-electron chi connectivity index (χ2n) is 6.03. The molecule has 0 aromatic heterocycles. The molecule has 0 spiro atoms. The number of halogens is 1. The van der Waals surface area contributed by atoms with Gasteiger partial charge in [-0.1, -0.05) is 30.3 Å². The second kappa shape index (κ2) is 6.93. The van der Waals surface area contributed by atoms with Crippen molar-refractivity contribution in [3.05, 3.63) is 66.0 Å². The van der Waals surface area contributed by atoms with Crippen molar-refractivity contribution in [2.45, 2.75) is 18.9 Å². The van der Waals surface area contributed by atoms with E-state index >= 15 is 0 Å². The Labute approximate surface area is 145 Å². The molecule has 0 unspecified atom stereocenters. The number of carbonyl (C=O) groups is 2. The third-order valence-electron chi connectivity index (χ3n) is 4.23. The molecule has 1 N–H and O–H groups in total. The maximum Gasteiger partial charge on any atom is 0.325 e. The van der Waals surface area contributed by atoms with Crippen LogP contribution >= 0.6 is 0 Å². The Kier molecular flexibility index (Phi) is 4.70. The van der Waals surface area contributed by atoms with Gasteiger partial charge in [0.25, 0.3) is 5.91 Å². The van der Waals surface area contributed by atoms with E-state index in [4.69, 9.17) is 4.74 Å². The van der Waals surface area contributed by atoms with E-state index in [0.29, 0.717) is 18.8 Å². The van der Waals surface area contributed by atoms with E-state index in [2.05, 4.69) is 5.32 Å². The quantitative estimate of drug-likeness (QED) is 0.648. The Morgan fingerprint density at radius 3 is 2.44 bits per heavy atom. The summed E-state index contributed by atoms with van der Waals surface area (Å²) in [5.74, 6) is -0.0508. The number of urea groups is 1. The normalized spacial score (nSPS) is 19.8. The Bertz CT molecular complexity index is 764. The highest BCUT2D eigenvalue weighted by Gasteiger charge is 2.48. The number of ether oxygens (including phenoxy) is 1. The Morgan fingerprint density at radius 2 is 1.76 bits per heavy atom. The minimum atomic E-state index is -1.05. The zero-order valence-corrected chi connectivity index (χ0v) is 13.9. The average Bonchev–Trinajstić information content (AvgIpc) is 2.84. The molecule has 25 heavy (non-hydrogen) atoms. The molecule has 1 aliphatic heterocycles. The minimum Gasteiger partial charge on any atom is -0.494 e. The molecule has 1 heterocycles. The average molecular weight is 342 g/mol. The van der Waals surface area contributed by atoms with Gasteiger partial charge in [0, 0.05) is 6.54 Å². The first kappa shape index (κ1) is 17.0. The van der Waals surface area contributed by atoms with Gasteiger partial charge in [0.1, 0.15) is 17.1 Å². The van der Waals surface area contributed by atoms with Crippen LogP contribution in [0.2, 0.25) is 0 Å². The zero-order chi connectivity index (χ0) is 17.9. The van der Waals surface area contributed by atoms with Crippen LogP contribution in [0.1, 0.15) is 18.9 Å². The van der Waals surface area contributed by atoms with E-state index in [-0.39, 0.29) is 18.3 Å². The summed E-state index contributed by atoms with van der Waals surface area (Å²) in [6.45, 7) is 2.29. The molecule has 1 fully saturated rings. The summed E-state index contributed by atoms with van der Waals surface area (Å²) in [7, 11) is 0. The lowest BCUT2D eigenvalue weighted by atomic mass is 9.92. The third-order valence-corrected chi connectivity index (χ3v) is 4.23. The van der Waals surface area contributed by atoms with E-state index in [1.54, 1.807) is 6.92 Å². The summed E-state index contributed by atoms with van der Waals surface area (Å²) in [6.07, 6.45) is 0.488. The number of benzene rings is 2. The number of nitrogens with zero attached hydrogens (tertiary/aromatic N) is 1. The van der Waals surface area contributed by atoms with Gasteiger partial charge in [0.2, 0.25) is 0 Å². The van der Waals surface area contributed by atoms with Crippen molar-refractivity contribution in [1.29, 1.82) is 0 Å². The van der Waals surface area contributed by atoms with Crippen molar-refractivity contribution in [1.82, 2.24) is 10.2 Å². The summed E-state index contributed by atoms with van der Waals surface area (Å²) >= 11 is 0. The minimum absolute atomic E-state index is 0.258.